The number of hydrogen-bond acceptors (Lipinski definition) is 6. The summed E-state index contributed by atoms with van der Waals surface area (Å²) >= 11 is 0. The van der Waals surface area contributed by atoms with Gasteiger partial charge < -0.3 is 20.0 Å². The van der Waals surface area contributed by atoms with Gasteiger partial charge in [0, 0.05) is 26.2 Å². The molecule has 0 atom stereocenters. The van der Waals surface area contributed by atoms with Crippen LogP contribution in [-0.2, 0) is 21.2 Å². The second-order valence-electron chi connectivity index (χ2n) is 8.87. The predicted octanol–water partition coefficient (Wildman–Crippen LogP) is 4.85. The number of hydrogen-bond donors (Lipinski definition) is 3. The van der Waals surface area contributed by atoms with Crippen molar-refractivity contribution in [2.45, 2.75) is 24.4 Å². The van der Waals surface area contributed by atoms with Crippen LogP contribution in [0.2, 0.25) is 0 Å². The second-order valence-corrected chi connectivity index (χ2v) is 10.6. The maximum atomic E-state index is 14.2. The molecule has 0 saturated carbocycles. The Bertz CT molecular complexity index is 1490. The molecule has 1 aliphatic heterocycles. The Morgan fingerprint density at radius 3 is 1.90 bits per heavy atom. The fourth-order valence-electron chi connectivity index (χ4n) is 4.03. The molecular weight excluding hydrogens is 570 g/mol. The first kappa shape index (κ1) is 31.2. The summed E-state index contributed by atoms with van der Waals surface area (Å²) in [5.41, 5.74) is 2.29. The van der Waals surface area contributed by atoms with Gasteiger partial charge in [0.2, 0.25) is 0 Å². The lowest BCUT2D eigenvalue weighted by molar-refractivity contribution is -0.192. The molecule has 41 heavy (non-hydrogen) atoms. The zero-order valence-corrected chi connectivity index (χ0v) is 22.5. The van der Waals surface area contributed by atoms with Crippen LogP contribution in [0.1, 0.15) is 22.8 Å². The van der Waals surface area contributed by atoms with Gasteiger partial charge in [-0.25, -0.2) is 22.4 Å². The van der Waals surface area contributed by atoms with E-state index in [9.17, 15) is 35.9 Å². The number of carbonyl (C=O) groups is 2. The molecule has 4 rings (SSSR count). The van der Waals surface area contributed by atoms with E-state index in [0.717, 1.165) is 12.0 Å². The minimum atomic E-state index is -5.08. The number of halogens is 4. The molecular formula is C27H27F4N3O6S. The van der Waals surface area contributed by atoms with E-state index in [2.05, 4.69) is 4.72 Å². The van der Waals surface area contributed by atoms with Crippen molar-refractivity contribution < 1.29 is 45.8 Å². The van der Waals surface area contributed by atoms with Gasteiger partial charge in [0.05, 0.1) is 27.5 Å². The van der Waals surface area contributed by atoms with Crippen molar-refractivity contribution in [1.29, 1.82) is 0 Å². The SMILES string of the molecule is CCc1ccc(S(=O)(=O)Nc2cc(C(=O)O)ccc2N2CCN(c3ccccc3F)CC2)cc1.O=C(O)C(F)(F)F. The summed E-state index contributed by atoms with van der Waals surface area (Å²) in [7, 11) is -3.93. The lowest BCUT2D eigenvalue weighted by atomic mass is 10.1. The zero-order valence-electron chi connectivity index (χ0n) is 21.7. The van der Waals surface area contributed by atoms with Crippen LogP contribution in [-0.4, -0.2) is 62.9 Å². The predicted molar refractivity (Wildman–Crippen MR) is 145 cm³/mol. The molecule has 220 valence electrons. The monoisotopic (exact) mass is 597 g/mol. The van der Waals surface area contributed by atoms with Crippen LogP contribution in [0, 0.1) is 5.82 Å². The summed E-state index contributed by atoms with van der Waals surface area (Å²) in [4.78, 5) is 24.5. The van der Waals surface area contributed by atoms with Gasteiger partial charge in [-0.1, -0.05) is 31.2 Å². The van der Waals surface area contributed by atoms with Crippen molar-refractivity contribution in [3.8, 4) is 0 Å². The third kappa shape index (κ3) is 8.10. The first-order chi connectivity index (χ1) is 19.2. The molecule has 1 aliphatic rings. The average molecular weight is 598 g/mol. The largest absolute Gasteiger partial charge is 0.490 e. The molecule has 0 spiro atoms. The Balaban J connectivity index is 0.000000587. The number of anilines is 3. The molecule has 3 N–H and O–H groups in total. The van der Waals surface area contributed by atoms with Crippen LogP contribution >= 0.6 is 0 Å². The number of aryl methyl sites for hydroxylation is 1. The number of sulfonamides is 1. The number of para-hydroxylation sites is 1. The number of nitrogens with zero attached hydrogens (tertiary/aromatic N) is 2. The summed E-state index contributed by atoms with van der Waals surface area (Å²) in [6.07, 6.45) is -4.29. The molecule has 3 aromatic rings. The van der Waals surface area contributed by atoms with E-state index in [1.54, 1.807) is 36.4 Å². The van der Waals surface area contributed by atoms with Crippen LogP contribution in [0.3, 0.4) is 0 Å². The molecule has 14 heteroatoms. The summed E-state index contributed by atoms with van der Waals surface area (Å²) in [5.74, 6) is -4.19. The Morgan fingerprint density at radius 1 is 0.878 bits per heavy atom. The first-order valence-corrected chi connectivity index (χ1v) is 13.7. The highest BCUT2D eigenvalue weighted by molar-refractivity contribution is 7.92. The van der Waals surface area contributed by atoms with Crippen LogP contribution in [0.5, 0.6) is 0 Å². The lowest BCUT2D eigenvalue weighted by Crippen LogP contribution is -2.47. The van der Waals surface area contributed by atoms with Crippen LogP contribution < -0.4 is 14.5 Å². The molecule has 0 radical (unpaired) electrons. The van der Waals surface area contributed by atoms with Crippen molar-refractivity contribution in [2.75, 3.05) is 40.7 Å². The number of aromatic carboxylic acids is 1. The molecule has 3 aromatic carbocycles. The number of alkyl halides is 3. The first-order valence-electron chi connectivity index (χ1n) is 12.3. The minimum absolute atomic E-state index is 0.0206. The van der Waals surface area contributed by atoms with E-state index < -0.39 is 28.1 Å². The Labute approximate surface area is 233 Å². The topological polar surface area (TPSA) is 127 Å². The summed E-state index contributed by atoms with van der Waals surface area (Å²) in [5, 5.41) is 16.6. The van der Waals surface area contributed by atoms with Crippen molar-refractivity contribution >= 4 is 39.0 Å². The van der Waals surface area contributed by atoms with E-state index in [4.69, 9.17) is 9.90 Å². The number of rotatable bonds is 7. The molecule has 0 aliphatic carbocycles. The van der Waals surface area contributed by atoms with Gasteiger partial charge in [-0.05, 0) is 54.4 Å². The average Bonchev–Trinajstić information content (AvgIpc) is 2.93. The fraction of sp³-hybridized carbons (Fsp3) is 0.259. The normalized spacial score (nSPS) is 13.7. The molecule has 1 heterocycles. The van der Waals surface area contributed by atoms with Crippen molar-refractivity contribution in [1.82, 2.24) is 0 Å². The molecule has 0 bridgehead atoms. The molecule has 1 saturated heterocycles. The standard InChI is InChI=1S/C25H26FN3O4S.C2HF3O2/c1-2-18-7-10-20(11-8-18)34(32,33)27-22-17-19(25(30)31)9-12-24(22)29-15-13-28(14-16-29)23-6-4-3-5-21(23)26;3-2(4,5)1(6)7/h3-12,17,27H,2,13-16H2,1H3,(H,30,31);(H,6,7). The van der Waals surface area contributed by atoms with Gasteiger partial charge in [-0.3, -0.25) is 4.72 Å². The van der Waals surface area contributed by atoms with Crippen LogP contribution in [0.25, 0.3) is 0 Å². The highest BCUT2D eigenvalue weighted by Gasteiger charge is 2.38. The maximum Gasteiger partial charge on any atom is 0.490 e. The molecule has 9 nitrogen and oxygen atoms in total. The van der Waals surface area contributed by atoms with E-state index in [0.29, 0.717) is 37.6 Å². The van der Waals surface area contributed by atoms with Crippen molar-refractivity contribution in [2.24, 2.45) is 0 Å². The summed E-state index contributed by atoms with van der Waals surface area (Å²) in [6.45, 7) is 4.08. The van der Waals surface area contributed by atoms with Crippen LogP contribution in [0.4, 0.5) is 34.6 Å². The van der Waals surface area contributed by atoms with E-state index in [1.807, 2.05) is 16.7 Å². The number of piperazine rings is 1. The third-order valence-corrected chi connectivity index (χ3v) is 7.57. The third-order valence-electron chi connectivity index (χ3n) is 6.19. The number of carboxylic acid groups (broad SMARTS) is 2. The van der Waals surface area contributed by atoms with Gasteiger partial charge in [0.1, 0.15) is 5.82 Å². The molecule has 0 aromatic heterocycles. The van der Waals surface area contributed by atoms with Gasteiger partial charge in [0.25, 0.3) is 10.0 Å². The van der Waals surface area contributed by atoms with E-state index in [-0.39, 0.29) is 22.0 Å². The maximum absolute atomic E-state index is 14.2. The minimum Gasteiger partial charge on any atom is -0.478 e. The fourth-order valence-corrected chi connectivity index (χ4v) is 5.10. The van der Waals surface area contributed by atoms with Gasteiger partial charge >= 0.3 is 18.1 Å². The van der Waals surface area contributed by atoms with E-state index in [1.165, 1.54) is 30.3 Å². The van der Waals surface area contributed by atoms with E-state index >= 15 is 0 Å². The highest BCUT2D eigenvalue weighted by Crippen LogP contribution is 2.31. The summed E-state index contributed by atoms with van der Waals surface area (Å²) in [6, 6.07) is 17.6. The molecule has 1 fully saturated rings. The Kier molecular flexibility index (Phi) is 9.81. The molecule has 0 unspecified atom stereocenters. The number of carboxylic acids is 2. The second kappa shape index (κ2) is 12.9. The van der Waals surface area contributed by atoms with Gasteiger partial charge in [0.15, 0.2) is 0 Å². The number of nitrogens with one attached hydrogen (secondary N) is 1. The lowest BCUT2D eigenvalue weighted by Gasteiger charge is -2.38. The van der Waals surface area contributed by atoms with Crippen molar-refractivity contribution in [3.63, 3.8) is 0 Å². The highest BCUT2D eigenvalue weighted by atomic mass is 32.2. The quantitative estimate of drug-likeness (QED) is 0.330. The zero-order chi connectivity index (χ0) is 30.4. The van der Waals surface area contributed by atoms with Gasteiger partial charge in [-0.15, -0.1) is 0 Å². The van der Waals surface area contributed by atoms with Crippen molar-refractivity contribution in [3.05, 3.63) is 83.7 Å². The number of benzene rings is 3. The molecule has 0 amide bonds. The summed E-state index contributed by atoms with van der Waals surface area (Å²) < 4.78 is 74.6. The Hall–Kier alpha value is -4.33. The Morgan fingerprint density at radius 2 is 1.41 bits per heavy atom. The number of aliphatic carboxylic acids is 1. The van der Waals surface area contributed by atoms with Gasteiger partial charge in [-0.2, -0.15) is 13.2 Å². The smallest absolute Gasteiger partial charge is 0.478 e. The van der Waals surface area contributed by atoms with Crippen LogP contribution in [0.15, 0.2) is 71.6 Å².